The number of fused-ring (bicyclic) bond motifs is 1. The fourth-order valence-corrected chi connectivity index (χ4v) is 5.16. The molecule has 0 bridgehead atoms. The second kappa shape index (κ2) is 9.80. The molecular weight excluding hydrogens is 431 g/mol. The van der Waals surface area contributed by atoms with E-state index < -0.39 is 17.1 Å². The first-order valence-corrected chi connectivity index (χ1v) is 11.4. The number of rotatable bonds is 5. The highest BCUT2D eigenvalue weighted by Gasteiger charge is 2.40. The normalized spacial score (nSPS) is 26.3. The van der Waals surface area contributed by atoms with Crippen molar-refractivity contribution in [3.05, 3.63) is 29.3 Å². The fraction of sp³-hybridized carbons (Fsp3) is 0.652. The van der Waals surface area contributed by atoms with Crippen molar-refractivity contribution in [2.45, 2.75) is 76.4 Å². The number of nitrogens with zero attached hydrogens (tertiary/aromatic N) is 1. The highest BCUT2D eigenvalue weighted by molar-refractivity contribution is 6.22. The van der Waals surface area contributed by atoms with Gasteiger partial charge in [-0.1, -0.05) is 6.92 Å². The Hall–Kier alpha value is -1.76. The standard InChI is InChI=1S/C23H29ClF3NO3/c1-3-17-13-19(24)18-12-16(23(25,26)27)9-10-20(18)28(17)22(30)15-7-5-14(6-8-15)11-21(29)31-4-2/h9-10,12,14-15,17,19H,3-8,11,13H2,1-2H3/t14?,15?,17-,19-/m1/s1. The molecule has 1 aliphatic carbocycles. The summed E-state index contributed by atoms with van der Waals surface area (Å²) in [7, 11) is 0. The SMILES string of the molecule is CCOC(=O)CC1CCC(C(=O)N2c3ccc(C(F)(F)F)cc3[C@H](Cl)C[C@H]2CC)CC1. The van der Waals surface area contributed by atoms with Crippen molar-refractivity contribution >= 4 is 29.2 Å². The maximum Gasteiger partial charge on any atom is 0.416 e. The van der Waals surface area contributed by atoms with Gasteiger partial charge in [0.25, 0.3) is 0 Å². The molecule has 0 unspecified atom stereocenters. The monoisotopic (exact) mass is 459 g/mol. The first-order chi connectivity index (χ1) is 14.7. The maximum absolute atomic E-state index is 13.5. The zero-order valence-electron chi connectivity index (χ0n) is 17.9. The molecule has 0 N–H and O–H groups in total. The smallest absolute Gasteiger partial charge is 0.416 e. The Morgan fingerprint density at radius 1 is 1.16 bits per heavy atom. The second-order valence-electron chi connectivity index (χ2n) is 8.47. The minimum absolute atomic E-state index is 0.0500. The third-order valence-corrected chi connectivity index (χ3v) is 6.87. The van der Waals surface area contributed by atoms with Gasteiger partial charge < -0.3 is 9.64 Å². The summed E-state index contributed by atoms with van der Waals surface area (Å²) in [6.07, 6.45) is -0.141. The Labute approximate surface area is 186 Å². The summed E-state index contributed by atoms with van der Waals surface area (Å²) in [6.45, 7) is 4.09. The Kier molecular flexibility index (Phi) is 7.55. The lowest BCUT2D eigenvalue weighted by Crippen LogP contribution is -2.47. The topological polar surface area (TPSA) is 46.6 Å². The van der Waals surface area contributed by atoms with Gasteiger partial charge in [-0.05, 0) is 75.1 Å². The van der Waals surface area contributed by atoms with Crippen LogP contribution >= 0.6 is 11.6 Å². The summed E-state index contributed by atoms with van der Waals surface area (Å²) < 4.78 is 44.6. The molecule has 1 aliphatic heterocycles. The van der Waals surface area contributed by atoms with E-state index >= 15 is 0 Å². The molecule has 1 saturated carbocycles. The van der Waals surface area contributed by atoms with Crippen molar-refractivity contribution in [1.29, 1.82) is 0 Å². The molecule has 2 aliphatic rings. The number of hydrogen-bond acceptors (Lipinski definition) is 3. The lowest BCUT2D eigenvalue weighted by Gasteiger charge is -2.42. The number of carbonyl (C=O) groups excluding carboxylic acids is 2. The van der Waals surface area contributed by atoms with Crippen molar-refractivity contribution in [3.63, 3.8) is 0 Å². The molecule has 31 heavy (non-hydrogen) atoms. The fourth-order valence-electron chi connectivity index (χ4n) is 4.78. The van der Waals surface area contributed by atoms with E-state index in [-0.39, 0.29) is 29.8 Å². The zero-order valence-corrected chi connectivity index (χ0v) is 18.6. The quantitative estimate of drug-likeness (QED) is 0.385. The van der Waals surface area contributed by atoms with Gasteiger partial charge in [-0.25, -0.2) is 0 Å². The molecule has 1 aromatic rings. The van der Waals surface area contributed by atoms with Crippen molar-refractivity contribution in [3.8, 4) is 0 Å². The van der Waals surface area contributed by atoms with Crippen LogP contribution in [-0.4, -0.2) is 24.5 Å². The Balaban J connectivity index is 1.77. The van der Waals surface area contributed by atoms with Gasteiger partial charge in [0.15, 0.2) is 0 Å². The summed E-state index contributed by atoms with van der Waals surface area (Å²) in [5, 5.41) is -0.563. The Bertz CT molecular complexity index is 806. The largest absolute Gasteiger partial charge is 0.466 e. The number of esters is 1. The van der Waals surface area contributed by atoms with Gasteiger partial charge in [0, 0.05) is 24.1 Å². The van der Waals surface area contributed by atoms with E-state index in [1.807, 2.05) is 6.92 Å². The summed E-state index contributed by atoms with van der Waals surface area (Å²) in [5.41, 5.74) is 0.106. The first-order valence-electron chi connectivity index (χ1n) is 11.0. The van der Waals surface area contributed by atoms with Crippen LogP contribution in [0, 0.1) is 11.8 Å². The average molecular weight is 460 g/mol. The van der Waals surface area contributed by atoms with Crippen molar-refractivity contribution < 1.29 is 27.5 Å². The number of carbonyl (C=O) groups is 2. The van der Waals surface area contributed by atoms with Crippen LogP contribution in [0.1, 0.15) is 75.3 Å². The molecule has 4 nitrogen and oxygen atoms in total. The molecule has 0 spiro atoms. The van der Waals surface area contributed by atoms with E-state index in [0.717, 1.165) is 25.0 Å². The van der Waals surface area contributed by atoms with Crippen LogP contribution in [0.3, 0.4) is 0 Å². The van der Waals surface area contributed by atoms with Gasteiger partial charge >= 0.3 is 12.1 Å². The third kappa shape index (κ3) is 5.36. The molecule has 3 rings (SSSR count). The predicted octanol–water partition coefficient (Wildman–Crippen LogP) is 6.26. The number of alkyl halides is 4. The minimum atomic E-state index is -4.46. The van der Waals surface area contributed by atoms with Crippen LogP contribution < -0.4 is 4.90 Å². The predicted molar refractivity (Wildman–Crippen MR) is 113 cm³/mol. The molecule has 8 heteroatoms. The van der Waals surface area contributed by atoms with Crippen molar-refractivity contribution in [2.24, 2.45) is 11.8 Å². The van der Waals surface area contributed by atoms with Gasteiger partial charge in [-0.15, -0.1) is 11.6 Å². The number of amides is 1. The van der Waals surface area contributed by atoms with E-state index in [1.165, 1.54) is 6.07 Å². The Morgan fingerprint density at radius 2 is 1.84 bits per heavy atom. The number of ether oxygens (including phenoxy) is 1. The summed E-state index contributed by atoms with van der Waals surface area (Å²) in [5.74, 6) is -0.247. The van der Waals surface area contributed by atoms with Gasteiger partial charge in [0.2, 0.25) is 5.91 Å². The lowest BCUT2D eigenvalue weighted by atomic mass is 9.79. The highest BCUT2D eigenvalue weighted by atomic mass is 35.5. The first kappa shape index (κ1) is 23.9. The van der Waals surface area contributed by atoms with Crippen LogP contribution in [-0.2, 0) is 20.5 Å². The van der Waals surface area contributed by atoms with E-state index in [1.54, 1.807) is 11.8 Å². The number of anilines is 1. The van der Waals surface area contributed by atoms with Crippen LogP contribution in [0.15, 0.2) is 18.2 Å². The molecule has 2 atom stereocenters. The summed E-state index contributed by atoms with van der Waals surface area (Å²) in [4.78, 5) is 26.9. The molecule has 172 valence electrons. The third-order valence-electron chi connectivity index (χ3n) is 6.46. The van der Waals surface area contributed by atoms with Crippen LogP contribution in [0.4, 0.5) is 18.9 Å². The Morgan fingerprint density at radius 3 is 2.42 bits per heavy atom. The van der Waals surface area contributed by atoms with Gasteiger partial charge in [-0.3, -0.25) is 9.59 Å². The van der Waals surface area contributed by atoms with E-state index in [9.17, 15) is 22.8 Å². The second-order valence-corrected chi connectivity index (χ2v) is 9.00. The zero-order chi connectivity index (χ0) is 22.8. The van der Waals surface area contributed by atoms with Gasteiger partial charge in [0.1, 0.15) is 0 Å². The molecule has 1 fully saturated rings. The van der Waals surface area contributed by atoms with Gasteiger partial charge in [0.05, 0.1) is 17.5 Å². The molecule has 1 heterocycles. The number of benzene rings is 1. The van der Waals surface area contributed by atoms with E-state index in [0.29, 0.717) is 50.0 Å². The molecular formula is C23H29ClF3NO3. The number of hydrogen-bond donors (Lipinski definition) is 0. The molecule has 0 saturated heterocycles. The molecule has 1 aromatic carbocycles. The van der Waals surface area contributed by atoms with Gasteiger partial charge in [-0.2, -0.15) is 13.2 Å². The van der Waals surface area contributed by atoms with E-state index in [2.05, 4.69) is 0 Å². The van der Waals surface area contributed by atoms with E-state index in [4.69, 9.17) is 16.3 Å². The molecule has 1 amide bonds. The average Bonchev–Trinajstić information content (AvgIpc) is 2.73. The maximum atomic E-state index is 13.5. The summed E-state index contributed by atoms with van der Waals surface area (Å²) >= 11 is 6.44. The van der Waals surface area contributed by atoms with Crippen LogP contribution in [0.2, 0.25) is 0 Å². The lowest BCUT2D eigenvalue weighted by molar-refractivity contribution is -0.144. The summed E-state index contributed by atoms with van der Waals surface area (Å²) in [6, 6.07) is 3.35. The molecule has 0 radical (unpaired) electrons. The minimum Gasteiger partial charge on any atom is -0.466 e. The highest BCUT2D eigenvalue weighted by Crippen LogP contribution is 2.45. The number of halogens is 4. The van der Waals surface area contributed by atoms with Crippen molar-refractivity contribution in [2.75, 3.05) is 11.5 Å². The van der Waals surface area contributed by atoms with Crippen LogP contribution in [0.25, 0.3) is 0 Å². The van der Waals surface area contributed by atoms with Crippen molar-refractivity contribution in [1.82, 2.24) is 0 Å². The molecule has 0 aromatic heterocycles. The van der Waals surface area contributed by atoms with Crippen LogP contribution in [0.5, 0.6) is 0 Å².